The summed E-state index contributed by atoms with van der Waals surface area (Å²) in [5.41, 5.74) is 0.840. The Morgan fingerprint density at radius 3 is 2.57 bits per heavy atom. The highest BCUT2D eigenvalue weighted by Crippen LogP contribution is 2.18. The van der Waals surface area contributed by atoms with E-state index in [4.69, 9.17) is 4.74 Å². The van der Waals surface area contributed by atoms with Crippen molar-refractivity contribution in [1.29, 1.82) is 0 Å². The second-order valence-corrected chi connectivity index (χ2v) is 7.43. The highest BCUT2D eigenvalue weighted by Gasteiger charge is 2.25. The molecule has 1 aromatic rings. The molecule has 1 N–H and O–H groups in total. The van der Waals surface area contributed by atoms with E-state index in [-0.39, 0.29) is 17.1 Å². The number of nitrogens with one attached hydrogen (secondary N) is 1. The Bertz CT molecular complexity index is 666. The lowest BCUT2D eigenvalue weighted by atomic mass is 9.96. The van der Waals surface area contributed by atoms with Gasteiger partial charge in [0.05, 0.1) is 4.90 Å². The molecule has 0 radical (unpaired) electrons. The van der Waals surface area contributed by atoms with E-state index in [9.17, 15) is 18.0 Å². The monoisotopic (exact) mass is 339 g/mol. The minimum absolute atomic E-state index is 0.00576. The number of Topliss-reactive ketones (excluding diaryl/α,β-unsaturated/α-hetero) is 1. The molecule has 1 aliphatic rings. The first-order valence-electron chi connectivity index (χ1n) is 7.67. The largest absolute Gasteiger partial charge is 0.454 e. The van der Waals surface area contributed by atoms with Crippen LogP contribution in [-0.4, -0.2) is 33.3 Å². The van der Waals surface area contributed by atoms with Crippen LogP contribution in [-0.2, 0) is 30.8 Å². The summed E-state index contributed by atoms with van der Waals surface area (Å²) in [5.74, 6) is -0.386. The van der Waals surface area contributed by atoms with Crippen LogP contribution < -0.4 is 4.72 Å². The van der Waals surface area contributed by atoms with Crippen molar-refractivity contribution in [3.63, 3.8) is 0 Å². The van der Waals surface area contributed by atoms with Crippen LogP contribution in [0.4, 0.5) is 0 Å². The zero-order chi connectivity index (χ0) is 16.9. The number of aryl methyl sites for hydroxylation is 1. The number of hydrogen-bond acceptors (Lipinski definition) is 5. The summed E-state index contributed by atoms with van der Waals surface area (Å²) in [6.07, 6.45) is 2.90. The smallest absolute Gasteiger partial charge is 0.306 e. The third-order valence-electron chi connectivity index (χ3n) is 3.89. The van der Waals surface area contributed by atoms with E-state index >= 15 is 0 Å². The first-order chi connectivity index (χ1) is 10.9. The number of hydrogen-bond donors (Lipinski definition) is 1. The number of carbonyl (C=O) groups excluding carboxylic acids is 2. The summed E-state index contributed by atoms with van der Waals surface area (Å²) < 4.78 is 30.7. The van der Waals surface area contributed by atoms with Crippen molar-refractivity contribution in [3.8, 4) is 0 Å². The van der Waals surface area contributed by atoms with Crippen molar-refractivity contribution in [2.45, 2.75) is 49.5 Å². The maximum atomic E-state index is 11.8. The highest BCUT2D eigenvalue weighted by atomic mass is 32.2. The summed E-state index contributed by atoms with van der Waals surface area (Å²) >= 11 is 0. The quantitative estimate of drug-likeness (QED) is 0.795. The van der Waals surface area contributed by atoms with Gasteiger partial charge in [0.15, 0.2) is 11.9 Å². The van der Waals surface area contributed by atoms with Crippen molar-refractivity contribution >= 4 is 21.8 Å². The zero-order valence-corrected chi connectivity index (χ0v) is 13.9. The molecule has 1 aromatic carbocycles. The van der Waals surface area contributed by atoms with Gasteiger partial charge in [0.25, 0.3) is 0 Å². The zero-order valence-electron chi connectivity index (χ0n) is 13.1. The standard InChI is InChI=1S/C16H21NO5S/c1-17-23(20,21)13-9-6-12(7-10-13)8-11-16(19)22-15-5-3-2-4-14(15)18/h6-7,9-10,15,17H,2-5,8,11H2,1H3. The molecule has 23 heavy (non-hydrogen) atoms. The van der Waals surface area contributed by atoms with E-state index in [0.717, 1.165) is 18.4 Å². The lowest BCUT2D eigenvalue weighted by Gasteiger charge is -2.20. The van der Waals surface area contributed by atoms with Gasteiger partial charge in [-0.25, -0.2) is 13.1 Å². The molecule has 1 aliphatic carbocycles. The van der Waals surface area contributed by atoms with Gasteiger partial charge in [-0.15, -0.1) is 0 Å². The van der Waals surface area contributed by atoms with Crippen molar-refractivity contribution in [3.05, 3.63) is 29.8 Å². The van der Waals surface area contributed by atoms with Crippen LogP contribution in [0.1, 0.15) is 37.7 Å². The number of esters is 1. The molecular weight excluding hydrogens is 318 g/mol. The molecule has 0 bridgehead atoms. The molecule has 1 unspecified atom stereocenters. The number of ether oxygens (including phenoxy) is 1. The Balaban J connectivity index is 1.86. The van der Waals surface area contributed by atoms with Gasteiger partial charge in [-0.1, -0.05) is 12.1 Å². The van der Waals surface area contributed by atoms with Crippen LogP contribution in [0.15, 0.2) is 29.2 Å². The predicted molar refractivity (Wildman–Crippen MR) is 84.4 cm³/mol. The molecule has 2 rings (SSSR count). The number of carbonyl (C=O) groups is 2. The second-order valence-electron chi connectivity index (χ2n) is 5.54. The maximum absolute atomic E-state index is 11.8. The predicted octanol–water partition coefficient (Wildman–Crippen LogP) is 1.58. The molecule has 0 aliphatic heterocycles. The minimum Gasteiger partial charge on any atom is -0.454 e. The molecule has 0 heterocycles. The fraction of sp³-hybridized carbons (Fsp3) is 0.500. The fourth-order valence-corrected chi connectivity index (χ4v) is 3.22. The van der Waals surface area contributed by atoms with Crippen molar-refractivity contribution < 1.29 is 22.7 Å². The highest BCUT2D eigenvalue weighted by molar-refractivity contribution is 7.89. The van der Waals surface area contributed by atoms with Gasteiger partial charge in [0, 0.05) is 12.8 Å². The summed E-state index contributed by atoms with van der Waals surface area (Å²) in [7, 11) is -2.10. The van der Waals surface area contributed by atoms with Crippen LogP contribution in [0, 0.1) is 0 Å². The lowest BCUT2D eigenvalue weighted by molar-refractivity contribution is -0.156. The van der Waals surface area contributed by atoms with E-state index in [1.165, 1.54) is 19.2 Å². The number of rotatable bonds is 6. The molecule has 1 fully saturated rings. The van der Waals surface area contributed by atoms with E-state index in [2.05, 4.69) is 4.72 Å². The van der Waals surface area contributed by atoms with Crippen molar-refractivity contribution in [2.75, 3.05) is 7.05 Å². The molecule has 1 atom stereocenters. The van der Waals surface area contributed by atoms with E-state index in [1.54, 1.807) is 12.1 Å². The second kappa shape index (κ2) is 7.70. The van der Waals surface area contributed by atoms with E-state index < -0.39 is 22.1 Å². The first kappa shape index (κ1) is 17.6. The third-order valence-corrected chi connectivity index (χ3v) is 5.32. The Labute approximate surface area is 136 Å². The molecular formula is C16H21NO5S. The van der Waals surface area contributed by atoms with Crippen molar-refractivity contribution in [2.24, 2.45) is 0 Å². The van der Waals surface area contributed by atoms with Gasteiger partial charge in [0.2, 0.25) is 10.0 Å². The lowest BCUT2D eigenvalue weighted by Crippen LogP contribution is -2.30. The Morgan fingerprint density at radius 2 is 1.96 bits per heavy atom. The number of ketones is 1. The number of sulfonamides is 1. The van der Waals surface area contributed by atoms with Gasteiger partial charge < -0.3 is 4.74 Å². The number of benzene rings is 1. The average molecular weight is 339 g/mol. The molecule has 6 nitrogen and oxygen atoms in total. The molecule has 0 spiro atoms. The topological polar surface area (TPSA) is 89.5 Å². The fourth-order valence-electron chi connectivity index (χ4n) is 2.49. The molecule has 1 saturated carbocycles. The van der Waals surface area contributed by atoms with E-state index in [1.807, 2.05) is 0 Å². The summed E-state index contributed by atoms with van der Waals surface area (Å²) in [4.78, 5) is 23.6. The van der Waals surface area contributed by atoms with Crippen LogP contribution in [0.2, 0.25) is 0 Å². The normalized spacial score (nSPS) is 18.7. The molecule has 0 aromatic heterocycles. The van der Waals surface area contributed by atoms with Crippen LogP contribution in [0.5, 0.6) is 0 Å². The summed E-state index contributed by atoms with van der Waals surface area (Å²) in [6.45, 7) is 0. The summed E-state index contributed by atoms with van der Waals surface area (Å²) in [6, 6.07) is 6.33. The minimum atomic E-state index is -3.45. The Hall–Kier alpha value is -1.73. The van der Waals surface area contributed by atoms with Crippen molar-refractivity contribution in [1.82, 2.24) is 4.72 Å². The van der Waals surface area contributed by atoms with Gasteiger partial charge in [-0.05, 0) is 50.4 Å². The third kappa shape index (κ3) is 4.87. The van der Waals surface area contributed by atoms with Gasteiger partial charge in [-0.2, -0.15) is 0 Å². The van der Waals surface area contributed by atoms with Gasteiger partial charge in [-0.3, -0.25) is 9.59 Å². The maximum Gasteiger partial charge on any atom is 0.306 e. The van der Waals surface area contributed by atoms with Crippen LogP contribution in [0.3, 0.4) is 0 Å². The molecule has 7 heteroatoms. The van der Waals surface area contributed by atoms with Crippen LogP contribution in [0.25, 0.3) is 0 Å². The van der Waals surface area contributed by atoms with Crippen LogP contribution >= 0.6 is 0 Å². The average Bonchev–Trinajstić information content (AvgIpc) is 2.55. The Morgan fingerprint density at radius 1 is 1.26 bits per heavy atom. The SMILES string of the molecule is CNS(=O)(=O)c1ccc(CCC(=O)OC2CCCCC2=O)cc1. The first-order valence-corrected chi connectivity index (χ1v) is 9.15. The molecule has 0 saturated heterocycles. The molecule has 0 amide bonds. The van der Waals surface area contributed by atoms with E-state index in [0.29, 0.717) is 19.3 Å². The van der Waals surface area contributed by atoms with Gasteiger partial charge >= 0.3 is 5.97 Å². The summed E-state index contributed by atoms with van der Waals surface area (Å²) in [5, 5.41) is 0. The molecule has 126 valence electrons. The Kier molecular flexibility index (Phi) is 5.90. The van der Waals surface area contributed by atoms with Gasteiger partial charge in [0.1, 0.15) is 0 Å².